The van der Waals surface area contributed by atoms with Crippen molar-refractivity contribution < 1.29 is 9.50 Å². The molecule has 1 saturated heterocycles. The van der Waals surface area contributed by atoms with Crippen LogP contribution in [0.3, 0.4) is 0 Å². The molecule has 31 heavy (non-hydrogen) atoms. The van der Waals surface area contributed by atoms with E-state index in [1.165, 1.54) is 0 Å². The molecule has 0 spiro atoms. The second-order valence-electron chi connectivity index (χ2n) is 8.71. The van der Waals surface area contributed by atoms with Crippen LogP contribution in [-0.4, -0.2) is 49.9 Å². The summed E-state index contributed by atoms with van der Waals surface area (Å²) >= 11 is 0. The molecule has 0 amide bonds. The van der Waals surface area contributed by atoms with E-state index in [9.17, 15) is 9.50 Å². The average Bonchev–Trinajstić information content (AvgIpc) is 3.15. The summed E-state index contributed by atoms with van der Waals surface area (Å²) in [6.07, 6.45) is 11.9. The van der Waals surface area contributed by atoms with Gasteiger partial charge in [-0.05, 0) is 70.5 Å². The van der Waals surface area contributed by atoms with Gasteiger partial charge in [0.2, 0.25) is 11.9 Å². The lowest BCUT2D eigenvalue weighted by atomic mass is 9.93. The summed E-state index contributed by atoms with van der Waals surface area (Å²) < 4.78 is 16.5. The zero-order chi connectivity index (χ0) is 21.2. The van der Waals surface area contributed by atoms with Crippen LogP contribution in [0, 0.1) is 0 Å². The summed E-state index contributed by atoms with van der Waals surface area (Å²) in [7, 11) is 0. The number of hydrogen-bond donors (Lipinski definition) is 4. The van der Waals surface area contributed by atoms with Crippen LogP contribution >= 0.6 is 0 Å². The molecule has 5 rings (SSSR count). The number of imidazole rings is 1. The highest BCUT2D eigenvalue weighted by molar-refractivity contribution is 5.76. The van der Waals surface area contributed by atoms with E-state index in [0.717, 1.165) is 70.1 Å². The largest absolute Gasteiger partial charge is 0.393 e. The maximum absolute atomic E-state index is 14.3. The first-order chi connectivity index (χ1) is 15.2. The van der Waals surface area contributed by atoms with Crippen molar-refractivity contribution in [3.63, 3.8) is 0 Å². The van der Waals surface area contributed by atoms with Crippen molar-refractivity contribution in [1.29, 1.82) is 0 Å². The molecule has 2 aromatic rings. The molecule has 1 saturated carbocycles. The molecular weight excluding hydrogens is 397 g/mol. The smallest absolute Gasteiger partial charge is 0.224 e. The van der Waals surface area contributed by atoms with Crippen LogP contribution in [0.1, 0.15) is 57.4 Å². The summed E-state index contributed by atoms with van der Waals surface area (Å²) in [6.45, 7) is 1.86. The van der Waals surface area contributed by atoms with Crippen molar-refractivity contribution >= 4 is 23.1 Å². The minimum absolute atomic E-state index is 0.194. The molecule has 0 unspecified atom stereocenters. The number of anilines is 2. The molecule has 2 aromatic heterocycles. The molecule has 166 valence electrons. The van der Waals surface area contributed by atoms with Crippen molar-refractivity contribution in [3.8, 4) is 0 Å². The normalized spacial score (nSPS) is 25.2. The van der Waals surface area contributed by atoms with Gasteiger partial charge in [-0.25, -0.2) is 14.4 Å². The van der Waals surface area contributed by atoms with Crippen LogP contribution < -0.4 is 16.0 Å². The second kappa shape index (κ2) is 8.92. The Hall–Kier alpha value is -2.52. The molecular formula is C22H30FN7O. The highest BCUT2D eigenvalue weighted by Crippen LogP contribution is 2.31. The maximum atomic E-state index is 14.3. The molecule has 0 atom stereocenters. The fourth-order valence-corrected chi connectivity index (χ4v) is 4.74. The molecule has 4 N–H and O–H groups in total. The molecule has 9 heteroatoms. The molecule has 2 fully saturated rings. The van der Waals surface area contributed by atoms with E-state index in [4.69, 9.17) is 9.97 Å². The number of allylic oxidation sites excluding steroid dienone is 3. The third-order valence-electron chi connectivity index (χ3n) is 6.48. The van der Waals surface area contributed by atoms with Crippen molar-refractivity contribution in [2.75, 3.05) is 23.7 Å². The van der Waals surface area contributed by atoms with Crippen LogP contribution in [0.5, 0.6) is 0 Å². The lowest BCUT2D eigenvalue weighted by Gasteiger charge is -2.27. The SMILES string of the molecule is O[C@H]1CC[C@H](Nc2ncc3nc(NC4=CCCC=C4F)n(C4CCNCC4)c3n2)CC1. The van der Waals surface area contributed by atoms with Crippen molar-refractivity contribution in [1.82, 2.24) is 24.8 Å². The van der Waals surface area contributed by atoms with Gasteiger partial charge in [0.25, 0.3) is 0 Å². The number of nitrogens with one attached hydrogen (secondary N) is 3. The Morgan fingerprint density at radius 3 is 2.58 bits per heavy atom. The summed E-state index contributed by atoms with van der Waals surface area (Å²) in [5.74, 6) is 0.965. The number of nitrogens with zero attached hydrogens (tertiary/aromatic N) is 4. The second-order valence-corrected chi connectivity index (χ2v) is 8.71. The number of aliphatic hydroxyl groups excluding tert-OH is 1. The summed E-state index contributed by atoms with van der Waals surface area (Å²) in [6, 6.07) is 0.498. The van der Waals surface area contributed by atoms with Gasteiger partial charge in [0.05, 0.1) is 18.0 Å². The number of halogens is 1. The molecule has 1 aliphatic heterocycles. The fourth-order valence-electron chi connectivity index (χ4n) is 4.74. The topological polar surface area (TPSA) is 99.9 Å². The fraction of sp³-hybridized carbons (Fsp3) is 0.591. The van der Waals surface area contributed by atoms with E-state index < -0.39 is 0 Å². The lowest BCUT2D eigenvalue weighted by molar-refractivity contribution is 0.126. The monoisotopic (exact) mass is 427 g/mol. The quantitative estimate of drug-likeness (QED) is 0.580. The summed E-state index contributed by atoms with van der Waals surface area (Å²) in [5, 5.41) is 19.8. The first-order valence-electron chi connectivity index (χ1n) is 11.4. The first-order valence-corrected chi connectivity index (χ1v) is 11.4. The Bertz CT molecular complexity index is 987. The van der Waals surface area contributed by atoms with Gasteiger partial charge in [0, 0.05) is 12.1 Å². The number of aromatic nitrogens is 4. The molecule has 0 radical (unpaired) electrons. The average molecular weight is 428 g/mol. The van der Waals surface area contributed by atoms with Crippen molar-refractivity contribution in [2.24, 2.45) is 0 Å². The third-order valence-corrected chi connectivity index (χ3v) is 6.48. The van der Waals surface area contributed by atoms with Gasteiger partial charge in [-0.3, -0.25) is 4.57 Å². The van der Waals surface area contributed by atoms with Gasteiger partial charge in [-0.15, -0.1) is 0 Å². The van der Waals surface area contributed by atoms with Crippen LogP contribution in [0.15, 0.2) is 29.9 Å². The van der Waals surface area contributed by atoms with Crippen molar-refractivity contribution in [2.45, 2.75) is 69.6 Å². The van der Waals surface area contributed by atoms with Gasteiger partial charge in [0.15, 0.2) is 5.65 Å². The third kappa shape index (κ3) is 4.43. The molecule has 2 aliphatic carbocycles. The Labute approximate surface area is 181 Å². The van der Waals surface area contributed by atoms with E-state index in [-0.39, 0.29) is 24.0 Å². The number of rotatable bonds is 5. The highest BCUT2D eigenvalue weighted by Gasteiger charge is 2.25. The minimum Gasteiger partial charge on any atom is -0.393 e. The van der Waals surface area contributed by atoms with Crippen LogP contribution in [0.2, 0.25) is 0 Å². The highest BCUT2D eigenvalue weighted by atomic mass is 19.1. The molecule has 3 aliphatic rings. The zero-order valence-corrected chi connectivity index (χ0v) is 17.6. The van der Waals surface area contributed by atoms with Gasteiger partial charge >= 0.3 is 0 Å². The number of aliphatic hydroxyl groups is 1. The Morgan fingerprint density at radius 1 is 1.03 bits per heavy atom. The standard InChI is InChI=1S/C22H30FN7O/c23-17-3-1-2-4-18(17)27-22-28-19-13-25-21(26-14-5-7-16(31)8-6-14)29-20(19)30(22)15-9-11-24-12-10-15/h3-4,13-16,24,31H,1-2,5-12H2,(H,27,28)(H,25,26,29)/t14-,16-. The van der Waals surface area contributed by atoms with E-state index in [2.05, 4.69) is 25.5 Å². The minimum atomic E-state index is -0.233. The maximum Gasteiger partial charge on any atom is 0.224 e. The van der Waals surface area contributed by atoms with E-state index in [0.29, 0.717) is 23.1 Å². The van der Waals surface area contributed by atoms with E-state index in [1.807, 2.05) is 6.08 Å². The Morgan fingerprint density at radius 2 is 1.81 bits per heavy atom. The van der Waals surface area contributed by atoms with Crippen LogP contribution in [0.25, 0.3) is 11.2 Å². The van der Waals surface area contributed by atoms with E-state index in [1.54, 1.807) is 12.3 Å². The number of hydrogen-bond acceptors (Lipinski definition) is 7. The summed E-state index contributed by atoms with van der Waals surface area (Å²) in [5.41, 5.74) is 1.94. The van der Waals surface area contributed by atoms with Crippen LogP contribution in [-0.2, 0) is 0 Å². The van der Waals surface area contributed by atoms with Gasteiger partial charge in [0.1, 0.15) is 11.3 Å². The predicted octanol–water partition coefficient (Wildman–Crippen LogP) is 3.41. The van der Waals surface area contributed by atoms with Gasteiger partial charge < -0.3 is 21.1 Å². The summed E-state index contributed by atoms with van der Waals surface area (Å²) in [4.78, 5) is 14.0. The van der Waals surface area contributed by atoms with Gasteiger partial charge in [-0.2, -0.15) is 4.98 Å². The van der Waals surface area contributed by atoms with Gasteiger partial charge in [-0.1, -0.05) is 6.08 Å². The Kier molecular flexibility index (Phi) is 5.87. The van der Waals surface area contributed by atoms with Crippen molar-refractivity contribution in [3.05, 3.63) is 29.9 Å². The molecule has 8 nitrogen and oxygen atoms in total. The first kappa shape index (κ1) is 20.4. The zero-order valence-electron chi connectivity index (χ0n) is 17.6. The molecule has 0 aromatic carbocycles. The Balaban J connectivity index is 1.47. The van der Waals surface area contributed by atoms with Crippen LogP contribution in [0.4, 0.5) is 16.3 Å². The number of fused-ring (bicyclic) bond motifs is 1. The molecule has 0 bridgehead atoms. The number of piperidine rings is 1. The molecule has 3 heterocycles. The van der Waals surface area contributed by atoms with E-state index >= 15 is 0 Å². The lowest BCUT2D eigenvalue weighted by Crippen LogP contribution is -2.30. The predicted molar refractivity (Wildman–Crippen MR) is 118 cm³/mol.